The van der Waals surface area contributed by atoms with Crippen molar-refractivity contribution in [3.05, 3.63) is 112 Å². The molecule has 2 aromatic heterocycles. The number of aromatic amines is 1. The Bertz CT molecular complexity index is 1610. The lowest BCUT2D eigenvalue weighted by atomic mass is 10.0. The van der Waals surface area contributed by atoms with Crippen LogP contribution in [0.3, 0.4) is 0 Å². The molecule has 37 heavy (non-hydrogen) atoms. The predicted octanol–water partition coefficient (Wildman–Crippen LogP) is 7.45. The van der Waals surface area contributed by atoms with Crippen molar-refractivity contribution in [1.82, 2.24) is 15.0 Å². The first-order valence-electron chi connectivity index (χ1n) is 11.4. The minimum Gasteiger partial charge on any atom is -0.358 e. The lowest BCUT2D eigenvalue weighted by Gasteiger charge is -2.12. The molecule has 0 unspecified atom stereocenters. The zero-order valence-electron chi connectivity index (χ0n) is 19.5. The SMILES string of the molecule is Cc1ccc(NC(=O)c2cccc(C(F)(F)F)c2)cc1Cc1nc(-c2ccc(Cl)cc2)c2[nH]ccc2n1. The van der Waals surface area contributed by atoms with Crippen LogP contribution in [0.2, 0.25) is 5.02 Å². The summed E-state index contributed by atoms with van der Waals surface area (Å²) in [6, 6.07) is 18.9. The number of halogens is 4. The molecule has 5 nitrogen and oxygen atoms in total. The Balaban J connectivity index is 1.43. The van der Waals surface area contributed by atoms with Gasteiger partial charge in [0.05, 0.1) is 22.3 Å². The quantitative estimate of drug-likeness (QED) is 0.253. The average Bonchev–Trinajstić information content (AvgIpc) is 3.34. The van der Waals surface area contributed by atoms with Gasteiger partial charge in [0.15, 0.2) is 0 Å². The van der Waals surface area contributed by atoms with Crippen LogP contribution in [0.4, 0.5) is 18.9 Å². The van der Waals surface area contributed by atoms with Crippen molar-refractivity contribution in [1.29, 1.82) is 0 Å². The molecule has 0 spiro atoms. The molecule has 1 amide bonds. The van der Waals surface area contributed by atoms with Gasteiger partial charge >= 0.3 is 6.18 Å². The first-order valence-corrected chi connectivity index (χ1v) is 11.7. The lowest BCUT2D eigenvalue weighted by Crippen LogP contribution is -2.14. The Morgan fingerprint density at radius 1 is 1.00 bits per heavy atom. The van der Waals surface area contributed by atoms with E-state index in [-0.39, 0.29) is 5.56 Å². The summed E-state index contributed by atoms with van der Waals surface area (Å²) < 4.78 is 39.1. The number of H-pyrrole nitrogens is 1. The van der Waals surface area contributed by atoms with Gasteiger partial charge in [-0.05, 0) is 66.6 Å². The van der Waals surface area contributed by atoms with Crippen molar-refractivity contribution in [2.45, 2.75) is 19.5 Å². The van der Waals surface area contributed by atoms with E-state index in [0.29, 0.717) is 23.0 Å². The standard InChI is InChI=1S/C28H20ClF3N4O/c1-16-5-10-22(34-27(37)18-3-2-4-20(13-18)28(30,31)32)14-19(16)15-24-35-23-11-12-33-26(23)25(36-24)17-6-8-21(29)9-7-17/h2-14,33H,15H2,1H3,(H,34,37). The third kappa shape index (κ3) is 5.34. The monoisotopic (exact) mass is 520 g/mol. The van der Waals surface area contributed by atoms with Gasteiger partial charge in [-0.15, -0.1) is 0 Å². The number of amides is 1. The highest BCUT2D eigenvalue weighted by Crippen LogP contribution is 2.30. The largest absolute Gasteiger partial charge is 0.416 e. The molecule has 5 rings (SSSR count). The number of hydrogen-bond acceptors (Lipinski definition) is 3. The number of rotatable bonds is 5. The average molecular weight is 521 g/mol. The van der Waals surface area contributed by atoms with Crippen LogP contribution < -0.4 is 5.32 Å². The van der Waals surface area contributed by atoms with Crippen molar-refractivity contribution >= 4 is 34.2 Å². The van der Waals surface area contributed by atoms with E-state index < -0.39 is 17.6 Å². The number of alkyl halides is 3. The van der Waals surface area contributed by atoms with Crippen LogP contribution in [0.1, 0.15) is 32.9 Å². The third-order valence-electron chi connectivity index (χ3n) is 5.98. The van der Waals surface area contributed by atoms with Crippen molar-refractivity contribution in [3.63, 3.8) is 0 Å². The van der Waals surface area contributed by atoms with Gasteiger partial charge in [0, 0.05) is 34.5 Å². The first kappa shape index (κ1) is 24.5. The van der Waals surface area contributed by atoms with Crippen molar-refractivity contribution in [2.24, 2.45) is 0 Å². The molecule has 0 bridgehead atoms. The molecule has 0 aliphatic rings. The maximum absolute atomic E-state index is 13.0. The molecular weight excluding hydrogens is 501 g/mol. The van der Waals surface area contributed by atoms with E-state index in [2.05, 4.69) is 15.3 Å². The first-order chi connectivity index (χ1) is 17.7. The molecule has 2 N–H and O–H groups in total. The topological polar surface area (TPSA) is 70.7 Å². The maximum Gasteiger partial charge on any atom is 0.416 e. The van der Waals surface area contributed by atoms with Crippen LogP contribution in [0.15, 0.2) is 79.0 Å². The van der Waals surface area contributed by atoms with Gasteiger partial charge in [-0.2, -0.15) is 13.2 Å². The van der Waals surface area contributed by atoms with Crippen molar-refractivity contribution in [3.8, 4) is 11.3 Å². The van der Waals surface area contributed by atoms with E-state index in [1.807, 2.05) is 31.2 Å². The molecule has 3 aromatic carbocycles. The van der Waals surface area contributed by atoms with Crippen molar-refractivity contribution < 1.29 is 18.0 Å². The number of carbonyl (C=O) groups is 1. The summed E-state index contributed by atoms with van der Waals surface area (Å²) in [5.74, 6) is -0.0441. The van der Waals surface area contributed by atoms with E-state index in [9.17, 15) is 18.0 Å². The zero-order chi connectivity index (χ0) is 26.2. The summed E-state index contributed by atoms with van der Waals surface area (Å²) in [6.07, 6.45) is -2.34. The molecule has 0 fully saturated rings. The number of hydrogen-bond donors (Lipinski definition) is 2. The number of aromatic nitrogens is 3. The van der Waals surface area contributed by atoms with Gasteiger partial charge in [0.25, 0.3) is 5.91 Å². The molecule has 186 valence electrons. The second-order valence-corrected chi connectivity index (χ2v) is 9.02. The van der Waals surface area contributed by atoms with Crippen LogP contribution >= 0.6 is 11.6 Å². The van der Waals surface area contributed by atoms with E-state index >= 15 is 0 Å². The molecule has 0 atom stereocenters. The number of benzene rings is 3. The Morgan fingerprint density at radius 3 is 2.54 bits per heavy atom. The van der Waals surface area contributed by atoms with Crippen LogP contribution in [0.5, 0.6) is 0 Å². The fraction of sp³-hybridized carbons (Fsp3) is 0.107. The van der Waals surface area contributed by atoms with Gasteiger partial charge in [-0.25, -0.2) is 9.97 Å². The van der Waals surface area contributed by atoms with E-state index in [1.165, 1.54) is 12.1 Å². The molecule has 0 saturated carbocycles. The van der Waals surface area contributed by atoms with Crippen LogP contribution in [0, 0.1) is 6.92 Å². The van der Waals surface area contributed by atoms with Gasteiger partial charge < -0.3 is 10.3 Å². The second kappa shape index (κ2) is 9.71. The fourth-order valence-corrected chi connectivity index (χ4v) is 4.16. The van der Waals surface area contributed by atoms with E-state index in [1.54, 1.807) is 30.5 Å². The predicted molar refractivity (Wildman–Crippen MR) is 138 cm³/mol. The van der Waals surface area contributed by atoms with Crippen LogP contribution in [-0.4, -0.2) is 20.9 Å². The molecule has 0 aliphatic heterocycles. The number of carbonyl (C=O) groups excluding carboxylic acids is 1. The number of aryl methyl sites for hydroxylation is 1. The van der Waals surface area contributed by atoms with Crippen LogP contribution in [0.25, 0.3) is 22.3 Å². The summed E-state index contributed by atoms with van der Waals surface area (Å²) >= 11 is 6.05. The molecule has 0 saturated heterocycles. The second-order valence-electron chi connectivity index (χ2n) is 8.58. The molecule has 0 aliphatic carbocycles. The lowest BCUT2D eigenvalue weighted by molar-refractivity contribution is -0.137. The number of nitrogens with zero attached hydrogens (tertiary/aromatic N) is 2. The summed E-state index contributed by atoms with van der Waals surface area (Å²) in [7, 11) is 0. The summed E-state index contributed by atoms with van der Waals surface area (Å²) in [4.78, 5) is 25.3. The Hall–Kier alpha value is -4.17. The smallest absolute Gasteiger partial charge is 0.358 e. The Morgan fingerprint density at radius 2 is 1.78 bits per heavy atom. The highest BCUT2D eigenvalue weighted by atomic mass is 35.5. The van der Waals surface area contributed by atoms with Gasteiger partial charge in [-0.3, -0.25) is 4.79 Å². The molecule has 9 heteroatoms. The third-order valence-corrected chi connectivity index (χ3v) is 6.23. The highest BCUT2D eigenvalue weighted by molar-refractivity contribution is 6.30. The minimum atomic E-state index is -4.53. The highest BCUT2D eigenvalue weighted by Gasteiger charge is 2.30. The van der Waals surface area contributed by atoms with E-state index in [0.717, 1.165) is 45.6 Å². The number of fused-ring (bicyclic) bond motifs is 1. The molecule has 0 radical (unpaired) electrons. The van der Waals surface area contributed by atoms with E-state index in [4.69, 9.17) is 16.6 Å². The normalized spacial score (nSPS) is 11.6. The van der Waals surface area contributed by atoms with Crippen molar-refractivity contribution in [2.75, 3.05) is 5.32 Å². The summed E-state index contributed by atoms with van der Waals surface area (Å²) in [5.41, 5.74) is 4.55. The maximum atomic E-state index is 13.0. The van der Waals surface area contributed by atoms with Gasteiger partial charge in [0.1, 0.15) is 5.82 Å². The van der Waals surface area contributed by atoms with Gasteiger partial charge in [0.2, 0.25) is 0 Å². The fourth-order valence-electron chi connectivity index (χ4n) is 4.04. The Kier molecular flexibility index (Phi) is 6.43. The Labute approximate surface area is 215 Å². The zero-order valence-corrected chi connectivity index (χ0v) is 20.3. The number of nitrogens with one attached hydrogen (secondary N) is 2. The van der Waals surface area contributed by atoms with Gasteiger partial charge in [-0.1, -0.05) is 35.9 Å². The molecular formula is C28H20ClF3N4O. The molecule has 2 heterocycles. The minimum absolute atomic E-state index is 0.0780. The summed E-state index contributed by atoms with van der Waals surface area (Å²) in [6.45, 7) is 1.93. The summed E-state index contributed by atoms with van der Waals surface area (Å²) in [5, 5.41) is 3.32. The molecule has 5 aromatic rings. The van der Waals surface area contributed by atoms with Crippen LogP contribution in [-0.2, 0) is 12.6 Å². The number of anilines is 1.